The molecule has 18 heavy (non-hydrogen) atoms. The number of carboxylic acids is 1. The van der Waals surface area contributed by atoms with E-state index in [0.29, 0.717) is 24.5 Å². The van der Waals surface area contributed by atoms with E-state index in [1.165, 1.54) is 17.0 Å². The average Bonchev–Trinajstić information content (AvgIpc) is 2.27. The predicted octanol–water partition coefficient (Wildman–Crippen LogP) is 0.978. The molecule has 6 nitrogen and oxygen atoms in total. The van der Waals surface area contributed by atoms with Crippen molar-refractivity contribution in [2.75, 3.05) is 26.0 Å². The Morgan fingerprint density at radius 2 is 2.06 bits per heavy atom. The highest BCUT2D eigenvalue weighted by Gasteiger charge is 2.07. The zero-order valence-electron chi connectivity index (χ0n) is 10.7. The van der Waals surface area contributed by atoms with E-state index in [1.54, 1.807) is 21.0 Å². The van der Waals surface area contributed by atoms with E-state index in [-0.39, 0.29) is 11.5 Å². The molecule has 0 aromatic carbocycles. The molecule has 0 aliphatic carbocycles. The fourth-order valence-corrected chi connectivity index (χ4v) is 1.40. The van der Waals surface area contributed by atoms with E-state index < -0.39 is 5.97 Å². The summed E-state index contributed by atoms with van der Waals surface area (Å²) >= 11 is 0. The van der Waals surface area contributed by atoms with Crippen molar-refractivity contribution in [3.8, 4) is 0 Å². The maximum absolute atomic E-state index is 11.3. The Kier molecular flexibility index (Phi) is 4.65. The van der Waals surface area contributed by atoms with E-state index in [4.69, 9.17) is 5.11 Å². The van der Waals surface area contributed by atoms with Gasteiger partial charge in [-0.25, -0.2) is 9.78 Å². The molecule has 2 N–H and O–H groups in total. The third kappa shape index (κ3) is 4.04. The van der Waals surface area contributed by atoms with Gasteiger partial charge in [0.05, 0.1) is 5.56 Å². The number of rotatable bonds is 5. The molecule has 0 aliphatic rings. The van der Waals surface area contributed by atoms with Gasteiger partial charge >= 0.3 is 5.97 Å². The van der Waals surface area contributed by atoms with E-state index in [1.807, 2.05) is 0 Å². The molecule has 1 aromatic rings. The lowest BCUT2D eigenvalue weighted by molar-refractivity contribution is -0.128. The molecule has 0 radical (unpaired) electrons. The zero-order valence-corrected chi connectivity index (χ0v) is 10.7. The van der Waals surface area contributed by atoms with Gasteiger partial charge in [-0.1, -0.05) is 0 Å². The standard InChI is InChI=1S/C12H17N3O3/c1-8-6-9(12(17)18)7-10(14-8)13-5-4-11(16)15(2)3/h6-7H,4-5H2,1-3H3,(H,13,14)(H,17,18). The first-order valence-electron chi connectivity index (χ1n) is 5.56. The van der Waals surface area contributed by atoms with E-state index in [0.717, 1.165) is 0 Å². The molecule has 1 aromatic heterocycles. The molecule has 98 valence electrons. The van der Waals surface area contributed by atoms with Crippen LogP contribution >= 0.6 is 0 Å². The van der Waals surface area contributed by atoms with Crippen LogP contribution in [0.4, 0.5) is 5.82 Å². The van der Waals surface area contributed by atoms with Gasteiger partial charge in [0.15, 0.2) is 0 Å². The minimum atomic E-state index is -0.993. The second kappa shape index (κ2) is 6.00. The van der Waals surface area contributed by atoms with Crippen molar-refractivity contribution in [2.24, 2.45) is 0 Å². The highest BCUT2D eigenvalue weighted by Crippen LogP contribution is 2.10. The quantitative estimate of drug-likeness (QED) is 0.815. The molecule has 1 rings (SSSR count). The Bertz CT molecular complexity index is 458. The lowest BCUT2D eigenvalue weighted by Gasteiger charge is -2.11. The summed E-state index contributed by atoms with van der Waals surface area (Å²) in [5.41, 5.74) is 0.806. The van der Waals surface area contributed by atoms with Crippen LogP contribution < -0.4 is 5.32 Å². The molecular weight excluding hydrogens is 234 g/mol. The Balaban J connectivity index is 2.62. The molecular formula is C12H17N3O3. The van der Waals surface area contributed by atoms with Gasteiger partial charge in [0, 0.05) is 32.8 Å². The number of nitrogens with zero attached hydrogens (tertiary/aromatic N) is 2. The molecule has 0 fully saturated rings. The lowest BCUT2D eigenvalue weighted by atomic mass is 10.2. The number of carboxylic acid groups (broad SMARTS) is 1. The molecule has 0 aliphatic heterocycles. The number of carbonyl (C=O) groups excluding carboxylic acids is 1. The fraction of sp³-hybridized carbons (Fsp3) is 0.417. The minimum Gasteiger partial charge on any atom is -0.478 e. The van der Waals surface area contributed by atoms with Crippen molar-refractivity contribution >= 4 is 17.7 Å². The number of carbonyl (C=O) groups is 2. The summed E-state index contributed by atoms with van der Waals surface area (Å²) in [5, 5.41) is 11.8. The van der Waals surface area contributed by atoms with Crippen LogP contribution in [-0.4, -0.2) is 47.5 Å². The number of nitrogens with one attached hydrogen (secondary N) is 1. The fourth-order valence-electron chi connectivity index (χ4n) is 1.40. The van der Waals surface area contributed by atoms with Gasteiger partial charge in [-0.05, 0) is 19.1 Å². The van der Waals surface area contributed by atoms with Gasteiger partial charge in [-0.2, -0.15) is 0 Å². The van der Waals surface area contributed by atoms with Crippen LogP contribution in [0.2, 0.25) is 0 Å². The third-order valence-corrected chi connectivity index (χ3v) is 2.34. The molecule has 0 spiro atoms. The van der Waals surface area contributed by atoms with Crippen molar-refractivity contribution in [1.29, 1.82) is 0 Å². The molecule has 1 heterocycles. The first-order chi connectivity index (χ1) is 8.40. The predicted molar refractivity (Wildman–Crippen MR) is 67.7 cm³/mol. The number of aromatic carboxylic acids is 1. The highest BCUT2D eigenvalue weighted by molar-refractivity contribution is 5.88. The molecule has 0 bridgehead atoms. The number of anilines is 1. The minimum absolute atomic E-state index is 0.00797. The van der Waals surface area contributed by atoms with Crippen LogP contribution in [0.25, 0.3) is 0 Å². The average molecular weight is 251 g/mol. The van der Waals surface area contributed by atoms with Gasteiger partial charge in [0.2, 0.25) is 5.91 Å². The van der Waals surface area contributed by atoms with E-state index in [9.17, 15) is 9.59 Å². The number of aromatic nitrogens is 1. The number of amides is 1. The maximum Gasteiger partial charge on any atom is 0.335 e. The van der Waals surface area contributed by atoms with Crippen LogP contribution in [0, 0.1) is 6.92 Å². The van der Waals surface area contributed by atoms with Crippen LogP contribution in [-0.2, 0) is 4.79 Å². The molecule has 0 unspecified atom stereocenters. The van der Waals surface area contributed by atoms with Crippen molar-refractivity contribution in [3.63, 3.8) is 0 Å². The highest BCUT2D eigenvalue weighted by atomic mass is 16.4. The van der Waals surface area contributed by atoms with Gasteiger partial charge in [-0.15, -0.1) is 0 Å². The molecule has 0 saturated heterocycles. The Morgan fingerprint density at radius 1 is 1.39 bits per heavy atom. The van der Waals surface area contributed by atoms with Gasteiger partial charge < -0.3 is 15.3 Å². The van der Waals surface area contributed by atoms with Crippen LogP contribution in [0.15, 0.2) is 12.1 Å². The number of hydrogen-bond acceptors (Lipinski definition) is 4. The monoisotopic (exact) mass is 251 g/mol. The van der Waals surface area contributed by atoms with E-state index in [2.05, 4.69) is 10.3 Å². The van der Waals surface area contributed by atoms with Crippen molar-refractivity contribution in [3.05, 3.63) is 23.4 Å². The summed E-state index contributed by atoms with van der Waals surface area (Å²) < 4.78 is 0. The topological polar surface area (TPSA) is 82.5 Å². The smallest absolute Gasteiger partial charge is 0.335 e. The van der Waals surface area contributed by atoms with Crippen LogP contribution in [0.5, 0.6) is 0 Å². The molecule has 1 amide bonds. The second-order valence-corrected chi connectivity index (χ2v) is 4.15. The third-order valence-electron chi connectivity index (χ3n) is 2.34. The Morgan fingerprint density at radius 3 is 2.61 bits per heavy atom. The number of hydrogen-bond donors (Lipinski definition) is 2. The Labute approximate surface area is 106 Å². The summed E-state index contributed by atoms with van der Waals surface area (Å²) in [7, 11) is 3.38. The van der Waals surface area contributed by atoms with Gasteiger partial charge in [0.25, 0.3) is 0 Å². The summed E-state index contributed by atoms with van der Waals surface area (Å²) in [6.07, 6.45) is 0.338. The largest absolute Gasteiger partial charge is 0.478 e. The molecule has 6 heteroatoms. The van der Waals surface area contributed by atoms with Crippen LogP contribution in [0.1, 0.15) is 22.5 Å². The summed E-state index contributed by atoms with van der Waals surface area (Å²) in [5.74, 6) is -0.513. The zero-order chi connectivity index (χ0) is 13.7. The van der Waals surface area contributed by atoms with Crippen molar-refractivity contribution < 1.29 is 14.7 Å². The summed E-state index contributed by atoms with van der Waals surface area (Å²) in [6, 6.07) is 2.95. The lowest BCUT2D eigenvalue weighted by Crippen LogP contribution is -2.24. The maximum atomic E-state index is 11.3. The summed E-state index contributed by atoms with van der Waals surface area (Å²) in [6.45, 7) is 2.15. The van der Waals surface area contributed by atoms with Crippen molar-refractivity contribution in [2.45, 2.75) is 13.3 Å². The number of pyridine rings is 1. The first kappa shape index (κ1) is 14.0. The SMILES string of the molecule is Cc1cc(C(=O)O)cc(NCCC(=O)N(C)C)n1. The molecule has 0 saturated carbocycles. The Hall–Kier alpha value is -2.11. The number of aryl methyl sites for hydroxylation is 1. The van der Waals surface area contributed by atoms with Gasteiger partial charge in [0.1, 0.15) is 5.82 Å². The second-order valence-electron chi connectivity index (χ2n) is 4.15. The van der Waals surface area contributed by atoms with Crippen molar-refractivity contribution in [1.82, 2.24) is 9.88 Å². The normalized spacial score (nSPS) is 9.94. The van der Waals surface area contributed by atoms with E-state index >= 15 is 0 Å². The summed E-state index contributed by atoms with van der Waals surface area (Å²) in [4.78, 5) is 27.9. The molecule has 0 atom stereocenters. The van der Waals surface area contributed by atoms with Gasteiger partial charge in [-0.3, -0.25) is 4.79 Å². The first-order valence-corrected chi connectivity index (χ1v) is 5.56. The van der Waals surface area contributed by atoms with Crippen LogP contribution in [0.3, 0.4) is 0 Å².